The largest absolute Gasteiger partial charge is 0.356 e. The Morgan fingerprint density at radius 2 is 1.96 bits per heavy atom. The van der Waals surface area contributed by atoms with E-state index in [1.165, 1.54) is 37.9 Å². The van der Waals surface area contributed by atoms with Crippen molar-refractivity contribution in [1.82, 2.24) is 10.2 Å². The van der Waals surface area contributed by atoms with Crippen LogP contribution in [0.2, 0.25) is 0 Å². The van der Waals surface area contributed by atoms with Gasteiger partial charge in [-0.05, 0) is 68.7 Å². The second kappa shape index (κ2) is 8.29. The van der Waals surface area contributed by atoms with E-state index in [2.05, 4.69) is 50.4 Å². The highest BCUT2D eigenvalue weighted by atomic mass is 79.9. The van der Waals surface area contributed by atoms with Crippen LogP contribution in [0.4, 0.5) is 0 Å². The highest BCUT2D eigenvalue weighted by Gasteiger charge is 2.34. The van der Waals surface area contributed by atoms with Crippen LogP contribution in [0, 0.1) is 5.92 Å². The van der Waals surface area contributed by atoms with Crippen molar-refractivity contribution in [3.63, 3.8) is 0 Å². The number of aryl methyl sites for hydroxylation is 1. The minimum Gasteiger partial charge on any atom is -0.356 e. The minimum absolute atomic E-state index is 0.227. The van der Waals surface area contributed by atoms with Crippen LogP contribution in [0.25, 0.3) is 0 Å². The fraction of sp³-hybridized carbons (Fsp3) is 0.632. The van der Waals surface area contributed by atoms with Gasteiger partial charge in [-0.15, -0.1) is 0 Å². The Hall–Kier alpha value is -0.870. The summed E-state index contributed by atoms with van der Waals surface area (Å²) in [5.41, 5.74) is 1.35. The Labute approximate surface area is 148 Å². The molecule has 1 heterocycles. The van der Waals surface area contributed by atoms with E-state index in [1.807, 2.05) is 0 Å². The number of unbranched alkanes of at least 4 members (excludes halogenated alkanes) is 1. The molecule has 0 radical (unpaired) electrons. The standard InChI is InChI=1S/C19H27BrN2O/c20-17-7-5-15(6-8-17)3-1-2-4-19(23)21-13-16-11-12-22(14-16)18-9-10-18/h5-8,16,18H,1-4,9-14H2,(H,21,23). The molecule has 23 heavy (non-hydrogen) atoms. The first-order valence-electron chi connectivity index (χ1n) is 8.96. The second-order valence-electron chi connectivity index (χ2n) is 7.02. The van der Waals surface area contributed by atoms with Gasteiger partial charge in [0.15, 0.2) is 0 Å². The van der Waals surface area contributed by atoms with Crippen LogP contribution in [0.5, 0.6) is 0 Å². The van der Waals surface area contributed by atoms with E-state index >= 15 is 0 Å². The molecule has 2 aliphatic rings. The number of hydrogen-bond acceptors (Lipinski definition) is 2. The molecule has 1 aliphatic heterocycles. The highest BCUT2D eigenvalue weighted by Crippen LogP contribution is 2.31. The van der Waals surface area contributed by atoms with E-state index in [9.17, 15) is 4.79 Å². The lowest BCUT2D eigenvalue weighted by molar-refractivity contribution is -0.121. The highest BCUT2D eigenvalue weighted by molar-refractivity contribution is 9.10. The quantitative estimate of drug-likeness (QED) is 0.698. The summed E-state index contributed by atoms with van der Waals surface area (Å²) in [5.74, 6) is 0.896. The van der Waals surface area contributed by atoms with Crippen LogP contribution in [-0.2, 0) is 11.2 Å². The molecule has 0 spiro atoms. The average Bonchev–Trinajstić information content (AvgIpc) is 3.30. The molecule has 1 atom stereocenters. The molecule has 1 saturated carbocycles. The van der Waals surface area contributed by atoms with Crippen molar-refractivity contribution in [3.8, 4) is 0 Å². The van der Waals surface area contributed by atoms with Crippen molar-refractivity contribution >= 4 is 21.8 Å². The van der Waals surface area contributed by atoms with Crippen LogP contribution in [-0.4, -0.2) is 36.5 Å². The van der Waals surface area contributed by atoms with Crippen molar-refractivity contribution in [2.45, 2.75) is 51.0 Å². The normalized spacial score (nSPS) is 21.5. The first-order valence-corrected chi connectivity index (χ1v) is 9.75. The smallest absolute Gasteiger partial charge is 0.220 e. The lowest BCUT2D eigenvalue weighted by atomic mass is 10.1. The third-order valence-electron chi connectivity index (χ3n) is 5.00. The van der Waals surface area contributed by atoms with E-state index in [-0.39, 0.29) is 5.91 Å². The molecule has 0 aromatic heterocycles. The number of carbonyl (C=O) groups is 1. The average molecular weight is 379 g/mol. The maximum atomic E-state index is 12.0. The van der Waals surface area contributed by atoms with Crippen molar-refractivity contribution < 1.29 is 4.79 Å². The molecule has 3 rings (SSSR count). The summed E-state index contributed by atoms with van der Waals surface area (Å²) in [5, 5.41) is 3.14. The molecule has 1 aromatic carbocycles. The van der Waals surface area contributed by atoms with Crippen LogP contribution >= 0.6 is 15.9 Å². The van der Waals surface area contributed by atoms with Crippen molar-refractivity contribution in [2.75, 3.05) is 19.6 Å². The molecule has 126 valence electrons. The molecule has 4 heteroatoms. The molecule has 1 aliphatic carbocycles. The van der Waals surface area contributed by atoms with Crippen LogP contribution in [0.1, 0.15) is 44.1 Å². The maximum absolute atomic E-state index is 12.0. The molecule has 1 unspecified atom stereocenters. The van der Waals surface area contributed by atoms with Crippen molar-refractivity contribution in [1.29, 1.82) is 0 Å². The second-order valence-corrected chi connectivity index (χ2v) is 7.93. The van der Waals surface area contributed by atoms with E-state index < -0.39 is 0 Å². The summed E-state index contributed by atoms with van der Waals surface area (Å²) in [7, 11) is 0. The van der Waals surface area contributed by atoms with Gasteiger partial charge in [-0.1, -0.05) is 28.1 Å². The van der Waals surface area contributed by atoms with Gasteiger partial charge >= 0.3 is 0 Å². The van der Waals surface area contributed by atoms with Gasteiger partial charge in [-0.2, -0.15) is 0 Å². The summed E-state index contributed by atoms with van der Waals surface area (Å²) in [6, 6.07) is 9.32. The molecular weight excluding hydrogens is 352 g/mol. The monoisotopic (exact) mass is 378 g/mol. The molecule has 1 amide bonds. The number of rotatable bonds is 8. The van der Waals surface area contributed by atoms with Crippen molar-refractivity contribution in [2.24, 2.45) is 5.92 Å². The summed E-state index contributed by atoms with van der Waals surface area (Å²) < 4.78 is 1.12. The van der Waals surface area contributed by atoms with Gasteiger partial charge in [-0.25, -0.2) is 0 Å². The first-order chi connectivity index (χ1) is 11.2. The maximum Gasteiger partial charge on any atom is 0.220 e. The lowest BCUT2D eigenvalue weighted by Crippen LogP contribution is -2.31. The van der Waals surface area contributed by atoms with Crippen LogP contribution in [0.3, 0.4) is 0 Å². The van der Waals surface area contributed by atoms with Crippen molar-refractivity contribution in [3.05, 3.63) is 34.3 Å². The fourth-order valence-electron chi connectivity index (χ4n) is 3.41. The van der Waals surface area contributed by atoms with Gasteiger partial charge in [0.25, 0.3) is 0 Å². The summed E-state index contributed by atoms with van der Waals surface area (Å²) in [4.78, 5) is 14.6. The Kier molecular flexibility index (Phi) is 6.12. The van der Waals surface area contributed by atoms with Gasteiger partial charge in [0.05, 0.1) is 0 Å². The Bertz CT molecular complexity index is 513. The molecule has 3 nitrogen and oxygen atoms in total. The zero-order chi connectivity index (χ0) is 16.1. The van der Waals surface area contributed by atoms with Gasteiger partial charge in [0.2, 0.25) is 5.91 Å². The van der Waals surface area contributed by atoms with E-state index in [0.29, 0.717) is 12.3 Å². The van der Waals surface area contributed by atoms with Gasteiger partial charge < -0.3 is 10.2 Å². The van der Waals surface area contributed by atoms with E-state index in [1.54, 1.807) is 0 Å². The Balaban J connectivity index is 1.24. The molecule has 1 saturated heterocycles. The fourth-order valence-corrected chi connectivity index (χ4v) is 3.68. The van der Waals surface area contributed by atoms with Crippen LogP contribution < -0.4 is 5.32 Å². The number of carbonyl (C=O) groups excluding carboxylic acids is 1. The molecule has 2 fully saturated rings. The van der Waals surface area contributed by atoms with Gasteiger partial charge in [0.1, 0.15) is 0 Å². The Morgan fingerprint density at radius 3 is 2.70 bits per heavy atom. The number of amides is 1. The van der Waals surface area contributed by atoms with E-state index in [4.69, 9.17) is 0 Å². The molecular formula is C19H27BrN2O. The summed E-state index contributed by atoms with van der Waals surface area (Å²) >= 11 is 3.45. The third-order valence-corrected chi connectivity index (χ3v) is 5.53. The summed E-state index contributed by atoms with van der Waals surface area (Å²) in [6.45, 7) is 3.29. The predicted octanol–water partition coefficient (Wildman–Crippen LogP) is 3.76. The topological polar surface area (TPSA) is 32.3 Å². The first kappa shape index (κ1) is 17.0. The SMILES string of the molecule is O=C(CCCCc1ccc(Br)cc1)NCC1CCN(C2CC2)C1. The molecule has 1 N–H and O–H groups in total. The number of halogens is 1. The number of benzene rings is 1. The summed E-state index contributed by atoms with van der Waals surface area (Å²) in [6.07, 6.45) is 7.79. The number of hydrogen-bond donors (Lipinski definition) is 1. The van der Waals surface area contributed by atoms with Gasteiger partial charge in [0, 0.05) is 30.0 Å². The predicted molar refractivity (Wildman–Crippen MR) is 97.4 cm³/mol. The Morgan fingerprint density at radius 1 is 1.17 bits per heavy atom. The minimum atomic E-state index is 0.227. The molecule has 0 bridgehead atoms. The van der Waals surface area contributed by atoms with Crippen LogP contribution in [0.15, 0.2) is 28.7 Å². The zero-order valence-electron chi connectivity index (χ0n) is 13.8. The van der Waals surface area contributed by atoms with Gasteiger partial charge in [-0.3, -0.25) is 4.79 Å². The number of nitrogens with one attached hydrogen (secondary N) is 1. The van der Waals surface area contributed by atoms with E-state index in [0.717, 1.165) is 36.3 Å². The number of likely N-dealkylation sites (tertiary alicyclic amines) is 1. The molecule has 1 aromatic rings. The lowest BCUT2D eigenvalue weighted by Gasteiger charge is -2.15. The third kappa shape index (κ3) is 5.61. The number of nitrogens with zero attached hydrogens (tertiary/aromatic N) is 1. The zero-order valence-corrected chi connectivity index (χ0v) is 15.4.